The Morgan fingerprint density at radius 3 is 1.89 bits per heavy atom. The number of fused-ring (bicyclic) bond motifs is 5. The van der Waals surface area contributed by atoms with Crippen LogP contribution in [0.2, 0.25) is 0 Å². The van der Waals surface area contributed by atoms with Crippen molar-refractivity contribution < 1.29 is 19.1 Å². The molecular weight excluding hydrogens is 462 g/mol. The van der Waals surface area contributed by atoms with Crippen LogP contribution in [0.25, 0.3) is 11.1 Å². The Bertz CT molecular complexity index is 1460. The summed E-state index contributed by atoms with van der Waals surface area (Å²) in [6.45, 7) is 3.93. The Hall–Kier alpha value is -3.99. The molecule has 1 heterocycles. The number of ketones is 1. The second kappa shape index (κ2) is 8.27. The summed E-state index contributed by atoms with van der Waals surface area (Å²) in [5.74, 6) is -1.72. The summed E-state index contributed by atoms with van der Waals surface area (Å²) in [6, 6.07) is 26.9. The van der Waals surface area contributed by atoms with Gasteiger partial charge in [0.25, 0.3) is 0 Å². The highest BCUT2D eigenvalue weighted by molar-refractivity contribution is 6.34. The number of benzene rings is 3. The van der Waals surface area contributed by atoms with Crippen LogP contribution in [0.4, 0.5) is 5.69 Å². The number of methoxy groups -OCH3 is 1. The summed E-state index contributed by atoms with van der Waals surface area (Å²) in [5, 5.41) is 0. The fourth-order valence-electron chi connectivity index (χ4n) is 7.41. The number of hydrogen-bond acceptors (Lipinski definition) is 4. The van der Waals surface area contributed by atoms with Crippen molar-refractivity contribution in [1.29, 1.82) is 0 Å². The maximum Gasteiger partial charge on any atom is 0.239 e. The van der Waals surface area contributed by atoms with E-state index in [0.717, 1.165) is 22.3 Å². The number of hydrogen-bond donors (Lipinski definition) is 0. The average molecular weight is 492 g/mol. The van der Waals surface area contributed by atoms with E-state index < -0.39 is 22.7 Å². The number of rotatable bonds is 6. The van der Waals surface area contributed by atoms with Crippen molar-refractivity contribution in [2.75, 3.05) is 12.0 Å². The molecular formula is C32H29NO4. The van der Waals surface area contributed by atoms with Crippen molar-refractivity contribution in [2.45, 2.75) is 26.7 Å². The summed E-state index contributed by atoms with van der Waals surface area (Å²) in [7, 11) is 1.53. The van der Waals surface area contributed by atoms with E-state index in [0.29, 0.717) is 24.3 Å². The minimum absolute atomic E-state index is 0.00377. The zero-order valence-electron chi connectivity index (χ0n) is 21.2. The molecule has 6 rings (SSSR count). The van der Waals surface area contributed by atoms with Gasteiger partial charge in [-0.15, -0.1) is 0 Å². The molecule has 4 atom stereocenters. The molecule has 2 fully saturated rings. The second-order valence-electron chi connectivity index (χ2n) is 10.4. The fraction of sp³-hybridized carbons (Fsp3) is 0.281. The van der Waals surface area contributed by atoms with Crippen LogP contribution in [0.5, 0.6) is 5.75 Å². The quantitative estimate of drug-likeness (QED) is 0.409. The molecule has 0 N–H and O–H groups in total. The van der Waals surface area contributed by atoms with Crippen molar-refractivity contribution in [3.05, 3.63) is 96.1 Å². The van der Waals surface area contributed by atoms with Crippen LogP contribution in [0, 0.1) is 22.7 Å². The molecule has 0 radical (unpaired) electrons. The first-order chi connectivity index (χ1) is 17.9. The molecule has 3 aliphatic rings. The number of ether oxygens (including phenoxy) is 1. The summed E-state index contributed by atoms with van der Waals surface area (Å²) < 4.78 is 5.52. The molecule has 1 saturated heterocycles. The zero-order valence-corrected chi connectivity index (χ0v) is 21.2. The number of allylic oxidation sites excluding steroid dienone is 2. The van der Waals surface area contributed by atoms with Crippen LogP contribution in [0.1, 0.15) is 37.8 Å². The standard InChI is InChI=1S/C32H29NO4/c1-4-19-32-25(21-15-9-6-10-16-21)24(20-13-7-5-8-14-20)31(2,30(32)36)26-27(32)29(35)33(28(26)34)22-17-11-12-18-23(22)37-3/h5-18,26-27H,4,19H2,1-3H3/t26-,27-,31-,32+/m0/s1. The molecule has 5 heteroatoms. The van der Waals surface area contributed by atoms with E-state index in [4.69, 9.17) is 4.74 Å². The van der Waals surface area contributed by atoms with E-state index in [1.54, 1.807) is 18.2 Å². The predicted molar refractivity (Wildman–Crippen MR) is 143 cm³/mol. The van der Waals surface area contributed by atoms with E-state index in [1.165, 1.54) is 12.0 Å². The summed E-state index contributed by atoms with van der Waals surface area (Å²) in [4.78, 5) is 44.5. The highest BCUT2D eigenvalue weighted by atomic mass is 16.5. The van der Waals surface area contributed by atoms with Gasteiger partial charge >= 0.3 is 0 Å². The minimum Gasteiger partial charge on any atom is -0.495 e. The van der Waals surface area contributed by atoms with E-state index >= 15 is 0 Å². The maximum atomic E-state index is 14.7. The third-order valence-electron chi connectivity index (χ3n) is 8.65. The molecule has 0 unspecified atom stereocenters. The van der Waals surface area contributed by atoms with Crippen molar-refractivity contribution in [2.24, 2.45) is 22.7 Å². The summed E-state index contributed by atoms with van der Waals surface area (Å²) in [6.07, 6.45) is 1.21. The van der Waals surface area contributed by atoms with Crippen LogP contribution in [0.15, 0.2) is 84.9 Å². The molecule has 2 aliphatic carbocycles. The molecule has 0 spiro atoms. The van der Waals surface area contributed by atoms with Gasteiger partial charge < -0.3 is 4.74 Å². The normalized spacial score (nSPS) is 28.3. The number of carbonyl (C=O) groups excluding carboxylic acids is 3. The van der Waals surface area contributed by atoms with Gasteiger partial charge in [0.2, 0.25) is 11.8 Å². The largest absolute Gasteiger partial charge is 0.495 e. The zero-order chi connectivity index (χ0) is 25.9. The van der Waals surface area contributed by atoms with Crippen LogP contribution < -0.4 is 9.64 Å². The topological polar surface area (TPSA) is 63.7 Å². The van der Waals surface area contributed by atoms with Crippen LogP contribution in [-0.4, -0.2) is 24.7 Å². The molecule has 2 amide bonds. The van der Waals surface area contributed by atoms with Crippen LogP contribution >= 0.6 is 0 Å². The lowest BCUT2D eigenvalue weighted by molar-refractivity contribution is -0.134. The number of anilines is 1. The van der Waals surface area contributed by atoms with Gasteiger partial charge in [0.1, 0.15) is 5.75 Å². The van der Waals surface area contributed by atoms with Gasteiger partial charge in [0.15, 0.2) is 5.78 Å². The smallest absolute Gasteiger partial charge is 0.239 e. The van der Waals surface area contributed by atoms with Crippen molar-refractivity contribution >= 4 is 34.4 Å². The lowest BCUT2D eigenvalue weighted by Gasteiger charge is -2.37. The SMILES string of the molecule is CCC[C@@]12C(=O)[C@@](C)(C(c3ccccc3)=C1c1ccccc1)[C@@H]1C(=O)N(c3ccccc3OC)C(=O)[C@H]12. The summed E-state index contributed by atoms with van der Waals surface area (Å²) >= 11 is 0. The van der Waals surface area contributed by atoms with E-state index in [1.807, 2.05) is 80.6 Å². The lowest BCUT2D eigenvalue weighted by Crippen LogP contribution is -2.41. The monoisotopic (exact) mass is 491 g/mol. The lowest BCUT2D eigenvalue weighted by atomic mass is 9.61. The first-order valence-electron chi connectivity index (χ1n) is 12.8. The number of carbonyl (C=O) groups is 3. The van der Waals surface area contributed by atoms with Crippen LogP contribution in [-0.2, 0) is 14.4 Å². The number of nitrogens with zero attached hydrogens (tertiary/aromatic N) is 1. The Kier molecular flexibility index (Phi) is 5.23. The van der Waals surface area contributed by atoms with Gasteiger partial charge in [-0.2, -0.15) is 0 Å². The predicted octanol–water partition coefficient (Wildman–Crippen LogP) is 5.80. The van der Waals surface area contributed by atoms with Gasteiger partial charge in [-0.25, -0.2) is 4.90 Å². The molecule has 0 aromatic heterocycles. The van der Waals surface area contributed by atoms with Crippen molar-refractivity contribution in [3.8, 4) is 5.75 Å². The highest BCUT2D eigenvalue weighted by Gasteiger charge is 2.80. The molecule has 3 aromatic rings. The van der Waals surface area contributed by atoms with Gasteiger partial charge in [-0.05, 0) is 47.8 Å². The Morgan fingerprint density at radius 1 is 0.757 bits per heavy atom. The summed E-state index contributed by atoms with van der Waals surface area (Å²) in [5.41, 5.74) is 1.85. The molecule has 5 nitrogen and oxygen atoms in total. The number of amides is 2. The first-order valence-corrected chi connectivity index (χ1v) is 12.8. The molecule has 186 valence electrons. The van der Waals surface area contributed by atoms with Gasteiger partial charge in [0.05, 0.1) is 35.5 Å². The second-order valence-corrected chi connectivity index (χ2v) is 10.4. The molecule has 37 heavy (non-hydrogen) atoms. The third-order valence-corrected chi connectivity index (χ3v) is 8.65. The number of Topliss-reactive ketones (excluding diaryl/α,β-unsaturated/α-hetero) is 1. The van der Waals surface area contributed by atoms with Gasteiger partial charge in [-0.1, -0.05) is 86.1 Å². The van der Waals surface area contributed by atoms with Crippen molar-refractivity contribution in [1.82, 2.24) is 0 Å². The number of para-hydroxylation sites is 2. The van der Waals surface area contributed by atoms with E-state index in [9.17, 15) is 14.4 Å². The number of imide groups is 1. The molecule has 1 aliphatic heterocycles. The third kappa shape index (κ3) is 2.83. The molecule has 2 bridgehead atoms. The molecule has 3 aromatic carbocycles. The van der Waals surface area contributed by atoms with Crippen molar-refractivity contribution in [3.63, 3.8) is 0 Å². The first kappa shape index (κ1) is 23.4. The molecule has 1 saturated carbocycles. The van der Waals surface area contributed by atoms with Gasteiger partial charge in [0, 0.05) is 0 Å². The fourth-order valence-corrected chi connectivity index (χ4v) is 7.41. The Balaban J connectivity index is 1.66. The Morgan fingerprint density at radius 2 is 1.30 bits per heavy atom. The average Bonchev–Trinajstić information content (AvgIpc) is 3.39. The van der Waals surface area contributed by atoms with E-state index in [-0.39, 0.29) is 17.6 Å². The minimum atomic E-state index is -1.13. The van der Waals surface area contributed by atoms with Crippen LogP contribution in [0.3, 0.4) is 0 Å². The highest BCUT2D eigenvalue weighted by Crippen LogP contribution is 2.75. The maximum absolute atomic E-state index is 14.7. The van der Waals surface area contributed by atoms with E-state index in [2.05, 4.69) is 0 Å². The van der Waals surface area contributed by atoms with Gasteiger partial charge in [-0.3, -0.25) is 14.4 Å². The Labute approximate surface area is 216 Å².